The molecule has 0 aromatic heterocycles. The van der Waals surface area contributed by atoms with Gasteiger partial charge in [0.15, 0.2) is 0 Å². The van der Waals surface area contributed by atoms with Crippen molar-refractivity contribution in [2.45, 2.75) is 57.3 Å². The first kappa shape index (κ1) is 25.6. The van der Waals surface area contributed by atoms with Gasteiger partial charge >= 0.3 is 5.97 Å². The molecule has 0 amide bonds. The molecule has 2 aliphatic heterocycles. The Morgan fingerprint density at radius 1 is 1.26 bits per heavy atom. The van der Waals surface area contributed by atoms with Crippen LogP contribution in [0.2, 0.25) is 0 Å². The summed E-state index contributed by atoms with van der Waals surface area (Å²) in [6.07, 6.45) is 1.59. The first-order valence-electron chi connectivity index (χ1n) is 12.0. The molecule has 2 aliphatic rings. The highest BCUT2D eigenvalue weighted by molar-refractivity contribution is 6.39. The lowest BCUT2D eigenvalue weighted by molar-refractivity contribution is -0.132. The monoisotopic (exact) mass is 476 g/mol. The number of esters is 1. The Morgan fingerprint density at radius 3 is 2.63 bits per heavy atom. The summed E-state index contributed by atoms with van der Waals surface area (Å²) in [5.74, 6) is 1.47. The number of methoxy groups -OCH3 is 1. The number of alkyl halides is 1. The van der Waals surface area contributed by atoms with Crippen molar-refractivity contribution in [1.29, 1.82) is 0 Å². The van der Waals surface area contributed by atoms with Crippen LogP contribution in [0.15, 0.2) is 30.3 Å². The smallest absolute Gasteiger partial charge is 0.308 e. The minimum Gasteiger partial charge on any atom is -0.496 e. The molecule has 2 heterocycles. The van der Waals surface area contributed by atoms with Crippen LogP contribution in [0.3, 0.4) is 0 Å². The highest BCUT2D eigenvalue weighted by atomic mass is 19.1. The number of rotatable bonds is 7. The van der Waals surface area contributed by atoms with Gasteiger partial charge in [-0.25, -0.2) is 0 Å². The maximum atomic E-state index is 14.6. The van der Waals surface area contributed by atoms with Crippen LogP contribution >= 0.6 is 0 Å². The van der Waals surface area contributed by atoms with E-state index in [1.807, 2.05) is 49.1 Å². The molecule has 3 atom stereocenters. The van der Waals surface area contributed by atoms with E-state index in [1.165, 1.54) is 6.92 Å². The quantitative estimate of drug-likeness (QED) is 0.377. The first-order chi connectivity index (χ1) is 16.6. The molecule has 2 aromatic carbocycles. The van der Waals surface area contributed by atoms with E-state index in [2.05, 4.69) is 5.32 Å². The highest BCUT2D eigenvalue weighted by Gasteiger charge is 2.39. The Labute approximate surface area is 209 Å². The topological polar surface area (TPSA) is 60.0 Å². The molecule has 0 bridgehead atoms. The van der Waals surface area contributed by atoms with Crippen molar-refractivity contribution in [3.63, 3.8) is 0 Å². The number of aryl methyl sites for hydroxylation is 1. The van der Waals surface area contributed by atoms with Crippen molar-refractivity contribution < 1.29 is 23.4 Å². The maximum absolute atomic E-state index is 14.6. The van der Waals surface area contributed by atoms with Gasteiger partial charge in [-0.3, -0.25) is 14.1 Å². The summed E-state index contributed by atoms with van der Waals surface area (Å²) in [5.41, 5.74) is 1.09. The molecule has 0 aliphatic carbocycles. The van der Waals surface area contributed by atoms with Crippen LogP contribution in [0, 0.1) is 6.92 Å². The van der Waals surface area contributed by atoms with Gasteiger partial charge in [0.05, 0.1) is 13.2 Å². The molecular formula is C26H31B2FN2O4. The van der Waals surface area contributed by atoms with Gasteiger partial charge in [-0.05, 0) is 56.5 Å². The van der Waals surface area contributed by atoms with Gasteiger partial charge in [-0.15, -0.1) is 0 Å². The Balaban J connectivity index is 1.82. The van der Waals surface area contributed by atoms with Crippen molar-refractivity contribution in [3.8, 4) is 17.2 Å². The molecule has 1 saturated heterocycles. The van der Waals surface area contributed by atoms with E-state index in [1.54, 1.807) is 7.11 Å². The number of carbonyl (C=O) groups excluding carboxylic acids is 1. The van der Waals surface area contributed by atoms with Crippen LogP contribution in [-0.2, 0) is 11.2 Å². The van der Waals surface area contributed by atoms with Gasteiger partial charge in [0, 0.05) is 48.7 Å². The molecule has 1 fully saturated rings. The largest absolute Gasteiger partial charge is 0.496 e. The molecule has 1 N–H and O–H groups in total. The Hall–Kier alpha value is -2.51. The van der Waals surface area contributed by atoms with Crippen LogP contribution in [-0.4, -0.2) is 70.9 Å². The number of halogens is 1. The third-order valence-corrected chi connectivity index (χ3v) is 6.67. The second-order valence-corrected chi connectivity index (χ2v) is 9.56. The van der Waals surface area contributed by atoms with Crippen LogP contribution in [0.4, 0.5) is 4.39 Å². The SMILES string of the molecule is [B]C([B])(F)CN1C(c2ccc(O[C@H]3CCNC3)cc2OC)c2ccc(C)c(OC(C)=O)c2C[C@H]1C. The summed E-state index contributed by atoms with van der Waals surface area (Å²) < 4.78 is 32.1. The van der Waals surface area contributed by atoms with E-state index in [-0.39, 0.29) is 24.7 Å². The number of nitrogens with one attached hydrogen (secondary N) is 1. The van der Waals surface area contributed by atoms with Gasteiger partial charge in [0.1, 0.15) is 39.0 Å². The first-order valence-corrected chi connectivity index (χ1v) is 12.0. The van der Waals surface area contributed by atoms with Gasteiger partial charge in [-0.2, -0.15) is 0 Å². The summed E-state index contributed by atoms with van der Waals surface area (Å²) >= 11 is 0. The van der Waals surface area contributed by atoms with Gasteiger partial charge in [0.2, 0.25) is 0 Å². The number of hydrogen-bond acceptors (Lipinski definition) is 6. The minimum atomic E-state index is -2.39. The Bertz CT molecular complexity index is 1090. The molecule has 6 nitrogen and oxygen atoms in total. The van der Waals surface area contributed by atoms with E-state index in [0.717, 1.165) is 41.8 Å². The van der Waals surface area contributed by atoms with Crippen LogP contribution in [0.25, 0.3) is 0 Å². The lowest BCUT2D eigenvalue weighted by Gasteiger charge is -2.45. The summed E-state index contributed by atoms with van der Waals surface area (Å²) in [6, 6.07) is 9.03. The molecule has 4 rings (SSSR count). The molecule has 9 heteroatoms. The molecule has 35 heavy (non-hydrogen) atoms. The van der Waals surface area contributed by atoms with Gasteiger partial charge in [0.25, 0.3) is 0 Å². The number of ether oxygens (including phenoxy) is 3. The zero-order chi connectivity index (χ0) is 25.3. The predicted octanol–water partition coefficient (Wildman–Crippen LogP) is 2.97. The second kappa shape index (κ2) is 10.2. The second-order valence-electron chi connectivity index (χ2n) is 9.56. The van der Waals surface area contributed by atoms with Gasteiger partial charge < -0.3 is 19.5 Å². The number of nitrogens with zero attached hydrogens (tertiary/aromatic N) is 1. The van der Waals surface area contributed by atoms with Crippen molar-refractivity contribution in [2.24, 2.45) is 0 Å². The summed E-state index contributed by atoms with van der Waals surface area (Å²) in [4.78, 5) is 13.8. The van der Waals surface area contributed by atoms with E-state index >= 15 is 0 Å². The molecule has 4 radical (unpaired) electrons. The van der Waals surface area contributed by atoms with E-state index in [0.29, 0.717) is 23.7 Å². The molecule has 182 valence electrons. The standard InChI is InChI=1S/C26H31B2FN2O4/c1-15-5-7-20-22(25(15)34-17(3)32)11-16(2)31(14-26(27,28)29)24(20)21-8-6-18(12-23(21)33-4)35-19-9-10-30-13-19/h5-8,12,16,19,24,30H,9-11,13-14H2,1-4H3/t16-,19+,24?/m1/s1. The van der Waals surface area contributed by atoms with Crippen molar-refractivity contribution in [2.75, 3.05) is 26.7 Å². The summed E-state index contributed by atoms with van der Waals surface area (Å²) in [6.45, 7) is 6.81. The molecular weight excluding hydrogens is 445 g/mol. The normalized spacial score (nSPS) is 22.5. The number of hydrogen-bond donors (Lipinski definition) is 1. The molecule has 0 spiro atoms. The average molecular weight is 476 g/mol. The Morgan fingerprint density at radius 2 is 2.00 bits per heavy atom. The zero-order valence-electron chi connectivity index (χ0n) is 20.8. The fourth-order valence-corrected chi connectivity index (χ4v) is 5.14. The minimum absolute atomic E-state index is 0.105. The number of fused-ring (bicyclic) bond motifs is 1. The number of benzene rings is 2. The average Bonchev–Trinajstić information content (AvgIpc) is 3.29. The Kier molecular flexibility index (Phi) is 7.48. The van der Waals surface area contributed by atoms with Crippen molar-refractivity contribution >= 4 is 21.7 Å². The summed E-state index contributed by atoms with van der Waals surface area (Å²) in [7, 11) is 12.9. The summed E-state index contributed by atoms with van der Waals surface area (Å²) in [5, 5.41) is 3.29. The molecule has 1 unspecified atom stereocenters. The van der Waals surface area contributed by atoms with Gasteiger partial charge in [-0.1, -0.05) is 12.1 Å². The van der Waals surface area contributed by atoms with Crippen LogP contribution in [0.1, 0.15) is 48.6 Å². The lowest BCUT2D eigenvalue weighted by Crippen LogP contribution is -2.50. The van der Waals surface area contributed by atoms with Crippen LogP contribution < -0.4 is 19.5 Å². The third-order valence-electron chi connectivity index (χ3n) is 6.67. The fraction of sp³-hybridized carbons (Fsp3) is 0.500. The highest BCUT2D eigenvalue weighted by Crippen LogP contribution is 2.46. The maximum Gasteiger partial charge on any atom is 0.308 e. The van der Waals surface area contributed by atoms with E-state index in [4.69, 9.17) is 29.9 Å². The lowest BCUT2D eigenvalue weighted by atomic mass is 9.66. The predicted molar refractivity (Wildman–Crippen MR) is 134 cm³/mol. The van der Waals surface area contributed by atoms with Crippen LogP contribution in [0.5, 0.6) is 17.2 Å². The fourth-order valence-electron chi connectivity index (χ4n) is 5.14. The zero-order valence-corrected chi connectivity index (χ0v) is 20.8. The van der Waals surface area contributed by atoms with Crippen molar-refractivity contribution in [3.05, 3.63) is 52.6 Å². The third kappa shape index (κ3) is 5.67. The molecule has 0 saturated carbocycles. The van der Waals surface area contributed by atoms with E-state index < -0.39 is 11.5 Å². The van der Waals surface area contributed by atoms with E-state index in [9.17, 15) is 9.18 Å². The molecule has 2 aromatic rings. The number of carbonyl (C=O) groups is 1. The van der Waals surface area contributed by atoms with Crippen molar-refractivity contribution in [1.82, 2.24) is 10.2 Å².